The van der Waals surface area contributed by atoms with Gasteiger partial charge in [-0.15, -0.1) is 0 Å². The predicted molar refractivity (Wildman–Crippen MR) is 165 cm³/mol. The average Bonchev–Trinajstić information content (AvgIpc) is 2.81. The van der Waals surface area contributed by atoms with Gasteiger partial charge in [0.15, 0.2) is 0 Å². The normalized spacial score (nSPS) is 12.8. The van der Waals surface area contributed by atoms with Crippen molar-refractivity contribution in [2.75, 3.05) is 26.2 Å². The van der Waals surface area contributed by atoms with Crippen LogP contribution in [0.3, 0.4) is 0 Å². The molecule has 1 aromatic rings. The maximum absolute atomic E-state index is 12.9. The van der Waals surface area contributed by atoms with E-state index >= 15 is 0 Å². The van der Waals surface area contributed by atoms with Crippen molar-refractivity contribution in [2.45, 2.75) is 110 Å². The monoisotopic (exact) mass is 608 g/mol. The molecule has 238 valence electrons. The molecule has 0 heterocycles. The molecule has 1 rings (SSSR count). The fourth-order valence-corrected chi connectivity index (χ4v) is 4.44. The minimum absolute atomic E-state index is 0.0777. The van der Waals surface area contributed by atoms with Crippen LogP contribution in [-0.4, -0.2) is 80.5 Å². The van der Waals surface area contributed by atoms with Gasteiger partial charge in [-0.1, -0.05) is 50.0 Å². The van der Waals surface area contributed by atoms with Crippen molar-refractivity contribution >= 4 is 32.1 Å². The lowest BCUT2D eigenvalue weighted by molar-refractivity contribution is -0.160. The summed E-state index contributed by atoms with van der Waals surface area (Å²) in [6, 6.07) is 9.19. The fourth-order valence-electron chi connectivity index (χ4n) is 3.72. The number of hydrogen-bond donors (Lipinski definition) is 1. The third-order valence-corrected chi connectivity index (χ3v) is 7.35. The van der Waals surface area contributed by atoms with Gasteiger partial charge in [-0.25, -0.2) is 9.59 Å². The van der Waals surface area contributed by atoms with Crippen LogP contribution in [0.15, 0.2) is 30.3 Å². The molecule has 0 fully saturated rings. The number of unbranched alkanes of at least 4 members (excludes halogenated alkanes) is 1. The Balaban J connectivity index is 2.79. The summed E-state index contributed by atoms with van der Waals surface area (Å²) in [6.45, 7) is 17.9. The predicted octanol–water partition coefficient (Wildman–Crippen LogP) is 5.32. The summed E-state index contributed by atoms with van der Waals surface area (Å²) in [4.78, 5) is 52.1. The zero-order valence-corrected chi connectivity index (χ0v) is 28.0. The van der Waals surface area contributed by atoms with Gasteiger partial charge in [-0.3, -0.25) is 14.5 Å². The van der Waals surface area contributed by atoms with Gasteiger partial charge >= 0.3 is 24.0 Å². The zero-order chi connectivity index (χ0) is 32.0. The second kappa shape index (κ2) is 17.3. The van der Waals surface area contributed by atoms with Crippen LogP contribution in [0.4, 0.5) is 4.79 Å². The van der Waals surface area contributed by atoms with Crippen molar-refractivity contribution in [3.63, 3.8) is 0 Å². The van der Waals surface area contributed by atoms with Gasteiger partial charge in [0.05, 0.1) is 19.7 Å². The van der Waals surface area contributed by atoms with Crippen LogP contribution in [0.2, 0.25) is 25.7 Å². The number of esters is 3. The van der Waals surface area contributed by atoms with Crippen LogP contribution in [-0.2, 0) is 39.9 Å². The third kappa shape index (κ3) is 19.2. The first kappa shape index (κ1) is 37.1. The van der Waals surface area contributed by atoms with Crippen molar-refractivity contribution in [1.29, 1.82) is 0 Å². The highest BCUT2D eigenvalue weighted by atomic mass is 28.3. The molecule has 0 spiro atoms. The van der Waals surface area contributed by atoms with Gasteiger partial charge in [0, 0.05) is 8.07 Å². The SMILES string of the molecule is CC(C)(C)OC(=O)CN(CCCC[C@H](NC(=O)OCc1ccccc1)C(=O)OCC[Si](C)(C)C)CC(=O)OC(C)(C)C. The highest BCUT2D eigenvalue weighted by Gasteiger charge is 2.26. The van der Waals surface area contributed by atoms with Crippen molar-refractivity contribution in [3.05, 3.63) is 35.9 Å². The molecule has 0 aliphatic rings. The largest absolute Gasteiger partial charge is 0.464 e. The standard InChI is InChI=1S/C31H52N2O8Si/c1-30(2,3)40-26(34)21-33(22-27(35)41-31(4,5)6)18-14-13-17-25(28(36)38-19-20-42(7,8)9)32-29(37)39-23-24-15-11-10-12-16-24/h10-12,15-16,25H,13-14,17-23H2,1-9H3,(H,32,37)/t25-/m0/s1. The van der Waals surface area contributed by atoms with E-state index in [2.05, 4.69) is 25.0 Å². The molecular weight excluding hydrogens is 556 g/mol. The molecule has 0 aromatic heterocycles. The molecule has 0 saturated carbocycles. The molecule has 0 aliphatic carbocycles. The molecule has 42 heavy (non-hydrogen) atoms. The van der Waals surface area contributed by atoms with E-state index in [-0.39, 0.29) is 19.7 Å². The van der Waals surface area contributed by atoms with Gasteiger partial charge in [-0.2, -0.15) is 0 Å². The summed E-state index contributed by atoms with van der Waals surface area (Å²) >= 11 is 0. The number of nitrogens with zero attached hydrogens (tertiary/aromatic N) is 1. The number of amides is 1. The van der Waals surface area contributed by atoms with E-state index in [1.807, 2.05) is 30.3 Å². The summed E-state index contributed by atoms with van der Waals surface area (Å²) in [5.41, 5.74) is -0.478. The Hall–Kier alpha value is -2.92. The van der Waals surface area contributed by atoms with E-state index in [0.29, 0.717) is 32.4 Å². The molecule has 0 bridgehead atoms. The van der Waals surface area contributed by atoms with Crippen LogP contribution in [0.25, 0.3) is 0 Å². The molecule has 1 amide bonds. The number of carbonyl (C=O) groups excluding carboxylic acids is 4. The van der Waals surface area contributed by atoms with Crippen LogP contribution in [0, 0.1) is 0 Å². The van der Waals surface area contributed by atoms with E-state index in [9.17, 15) is 19.2 Å². The molecule has 11 heteroatoms. The van der Waals surface area contributed by atoms with Gasteiger partial charge in [-0.05, 0) is 79.0 Å². The van der Waals surface area contributed by atoms with Crippen molar-refractivity contribution < 1.29 is 38.1 Å². The molecule has 0 saturated heterocycles. The lowest BCUT2D eigenvalue weighted by Crippen LogP contribution is -2.43. The summed E-state index contributed by atoms with van der Waals surface area (Å²) in [6.07, 6.45) is 0.665. The van der Waals surface area contributed by atoms with Crippen molar-refractivity contribution in [3.8, 4) is 0 Å². The Kier molecular flexibility index (Phi) is 15.2. The molecule has 0 aliphatic heterocycles. The van der Waals surface area contributed by atoms with Gasteiger partial charge < -0.3 is 24.3 Å². The Morgan fingerprint density at radius 3 is 1.88 bits per heavy atom. The maximum Gasteiger partial charge on any atom is 0.408 e. The molecule has 1 atom stereocenters. The molecule has 1 N–H and O–H groups in total. The Bertz CT molecular complexity index is 967. The average molecular weight is 609 g/mol. The topological polar surface area (TPSA) is 120 Å². The number of nitrogens with one attached hydrogen (secondary N) is 1. The smallest absolute Gasteiger partial charge is 0.408 e. The van der Waals surface area contributed by atoms with Crippen LogP contribution in [0.5, 0.6) is 0 Å². The first-order chi connectivity index (χ1) is 19.3. The Morgan fingerprint density at radius 2 is 1.38 bits per heavy atom. The Morgan fingerprint density at radius 1 is 0.833 bits per heavy atom. The van der Waals surface area contributed by atoms with Crippen LogP contribution in [0.1, 0.15) is 66.4 Å². The first-order valence-corrected chi connectivity index (χ1v) is 18.3. The van der Waals surface area contributed by atoms with E-state index < -0.39 is 49.3 Å². The zero-order valence-electron chi connectivity index (χ0n) is 27.0. The summed E-state index contributed by atoms with van der Waals surface area (Å²) in [7, 11) is -1.41. The highest BCUT2D eigenvalue weighted by Crippen LogP contribution is 2.13. The fraction of sp³-hybridized carbons (Fsp3) is 0.677. The van der Waals surface area contributed by atoms with Gasteiger partial charge in [0.2, 0.25) is 0 Å². The van der Waals surface area contributed by atoms with Crippen LogP contribution >= 0.6 is 0 Å². The van der Waals surface area contributed by atoms with Crippen molar-refractivity contribution in [2.24, 2.45) is 0 Å². The molecule has 1 aromatic carbocycles. The number of alkyl carbamates (subject to hydrolysis) is 1. The molecule has 0 unspecified atom stereocenters. The number of carbonyl (C=O) groups is 4. The molecule has 10 nitrogen and oxygen atoms in total. The highest BCUT2D eigenvalue weighted by molar-refractivity contribution is 6.76. The van der Waals surface area contributed by atoms with Crippen LogP contribution < -0.4 is 5.32 Å². The summed E-state index contributed by atoms with van der Waals surface area (Å²) in [5, 5.41) is 2.65. The first-order valence-electron chi connectivity index (χ1n) is 14.6. The van der Waals surface area contributed by atoms with Gasteiger partial charge in [0.1, 0.15) is 23.9 Å². The second-order valence-corrected chi connectivity index (χ2v) is 19.2. The van der Waals surface area contributed by atoms with E-state index in [1.165, 1.54) is 0 Å². The summed E-state index contributed by atoms with van der Waals surface area (Å²) < 4.78 is 21.7. The Labute approximate surface area is 252 Å². The number of hydrogen-bond acceptors (Lipinski definition) is 9. The minimum atomic E-state index is -1.41. The lowest BCUT2D eigenvalue weighted by atomic mass is 10.1. The van der Waals surface area contributed by atoms with Crippen molar-refractivity contribution in [1.82, 2.24) is 10.2 Å². The quantitative estimate of drug-likeness (QED) is 0.115. The van der Waals surface area contributed by atoms with E-state index in [0.717, 1.165) is 11.6 Å². The van der Waals surface area contributed by atoms with Gasteiger partial charge in [0.25, 0.3) is 0 Å². The summed E-state index contributed by atoms with van der Waals surface area (Å²) in [5.74, 6) is -1.40. The molecular formula is C31H52N2O8Si. The second-order valence-electron chi connectivity index (χ2n) is 13.6. The number of ether oxygens (including phenoxy) is 4. The minimum Gasteiger partial charge on any atom is -0.464 e. The molecule has 0 radical (unpaired) electrons. The number of rotatable bonds is 16. The third-order valence-electron chi connectivity index (χ3n) is 5.65. The maximum atomic E-state index is 12.9. The lowest BCUT2D eigenvalue weighted by Gasteiger charge is -2.26. The van der Waals surface area contributed by atoms with E-state index in [1.54, 1.807) is 46.4 Å². The van der Waals surface area contributed by atoms with E-state index in [4.69, 9.17) is 18.9 Å². The number of benzene rings is 1.